The van der Waals surface area contributed by atoms with Gasteiger partial charge in [-0.25, -0.2) is 4.39 Å². The summed E-state index contributed by atoms with van der Waals surface area (Å²) < 4.78 is 24.6. The van der Waals surface area contributed by atoms with E-state index in [9.17, 15) is 9.18 Å². The van der Waals surface area contributed by atoms with Gasteiger partial charge in [0.05, 0.1) is 31.0 Å². The Kier molecular flexibility index (Phi) is 7.43. The Balaban J connectivity index is 1.35. The van der Waals surface area contributed by atoms with Crippen molar-refractivity contribution < 1.29 is 18.7 Å². The molecule has 0 aliphatic carbocycles. The molecule has 178 valence electrons. The maximum absolute atomic E-state index is 13.5. The minimum atomic E-state index is -0.314. The number of piperidine rings is 1. The number of aromatic nitrogens is 1. The molecule has 1 unspecified atom stereocenters. The Morgan fingerprint density at radius 3 is 2.32 bits per heavy atom. The van der Waals surface area contributed by atoms with Gasteiger partial charge in [0.15, 0.2) is 0 Å². The number of likely N-dealkylation sites (tertiary alicyclic amines) is 1. The van der Waals surface area contributed by atoms with Crippen molar-refractivity contribution in [3.05, 3.63) is 77.7 Å². The van der Waals surface area contributed by atoms with E-state index in [0.717, 1.165) is 43.0 Å². The number of hydrogen-bond donors (Lipinski definition) is 1. The molecule has 34 heavy (non-hydrogen) atoms. The van der Waals surface area contributed by atoms with Gasteiger partial charge < -0.3 is 14.8 Å². The first-order valence-corrected chi connectivity index (χ1v) is 11.5. The lowest BCUT2D eigenvalue weighted by molar-refractivity contribution is 0.0894. The first kappa shape index (κ1) is 23.7. The molecule has 7 heteroatoms. The number of nitrogens with zero attached hydrogens (tertiary/aromatic N) is 2. The van der Waals surface area contributed by atoms with Crippen LogP contribution in [0, 0.1) is 5.82 Å². The van der Waals surface area contributed by atoms with Gasteiger partial charge in [-0.2, -0.15) is 0 Å². The maximum atomic E-state index is 13.5. The van der Waals surface area contributed by atoms with Crippen LogP contribution >= 0.6 is 0 Å². The zero-order valence-electron chi connectivity index (χ0n) is 19.8. The summed E-state index contributed by atoms with van der Waals surface area (Å²) in [6.07, 6.45) is 3.24. The van der Waals surface area contributed by atoms with Gasteiger partial charge in [0.2, 0.25) is 0 Å². The number of amides is 1. The monoisotopic (exact) mass is 463 g/mol. The largest absolute Gasteiger partial charge is 0.496 e. The highest BCUT2D eigenvalue weighted by Crippen LogP contribution is 2.37. The predicted octanol–water partition coefficient (Wildman–Crippen LogP) is 4.86. The van der Waals surface area contributed by atoms with E-state index in [2.05, 4.69) is 22.1 Å². The van der Waals surface area contributed by atoms with Crippen molar-refractivity contribution in [2.75, 3.05) is 27.3 Å². The van der Waals surface area contributed by atoms with Gasteiger partial charge in [0, 0.05) is 36.9 Å². The number of pyridine rings is 1. The van der Waals surface area contributed by atoms with Gasteiger partial charge in [-0.15, -0.1) is 0 Å². The van der Waals surface area contributed by atoms with Crippen LogP contribution in [-0.2, 0) is 0 Å². The number of carbonyl (C=O) groups excluding carboxylic acids is 1. The van der Waals surface area contributed by atoms with Crippen molar-refractivity contribution >= 4 is 5.91 Å². The van der Waals surface area contributed by atoms with Crippen molar-refractivity contribution in [1.29, 1.82) is 0 Å². The summed E-state index contributed by atoms with van der Waals surface area (Å²) in [6, 6.07) is 15.8. The number of methoxy groups -OCH3 is 2. The second-order valence-electron chi connectivity index (χ2n) is 8.48. The summed E-state index contributed by atoms with van der Waals surface area (Å²) in [5.74, 6) is 1.18. The third kappa shape index (κ3) is 5.20. The van der Waals surface area contributed by atoms with Crippen molar-refractivity contribution in [3.8, 4) is 22.8 Å². The van der Waals surface area contributed by atoms with Crippen molar-refractivity contribution in [2.45, 2.75) is 31.8 Å². The van der Waals surface area contributed by atoms with E-state index in [4.69, 9.17) is 9.47 Å². The molecule has 1 aliphatic heterocycles. The van der Waals surface area contributed by atoms with Gasteiger partial charge in [-0.3, -0.25) is 14.7 Å². The number of ether oxygens (including phenoxy) is 2. The zero-order chi connectivity index (χ0) is 24.1. The average molecular weight is 464 g/mol. The maximum Gasteiger partial charge on any atom is 0.253 e. The first-order valence-electron chi connectivity index (χ1n) is 11.5. The first-order chi connectivity index (χ1) is 16.5. The molecule has 6 nitrogen and oxygen atoms in total. The van der Waals surface area contributed by atoms with Gasteiger partial charge in [0.1, 0.15) is 17.3 Å². The highest BCUT2D eigenvalue weighted by atomic mass is 19.1. The van der Waals surface area contributed by atoms with E-state index in [0.29, 0.717) is 16.8 Å². The average Bonchev–Trinajstić information content (AvgIpc) is 2.88. The lowest BCUT2D eigenvalue weighted by Crippen LogP contribution is -2.45. The Hall–Kier alpha value is -3.45. The number of hydrogen-bond acceptors (Lipinski definition) is 5. The molecule has 1 aromatic heterocycles. The topological polar surface area (TPSA) is 63.7 Å². The Labute approximate surface area is 199 Å². The number of benzene rings is 2. The standard InChI is InChI=1S/C27H30FN3O3/c1-18(26-24(33-2)8-5-9-25(26)34-3)31-14-12-22(13-15-31)30-27(32)20-10-11-23(29-17-20)19-6-4-7-21(28)16-19/h4-11,16-18,22H,12-15H2,1-3H3,(H,30,32). The lowest BCUT2D eigenvalue weighted by atomic mass is 9.98. The van der Waals surface area contributed by atoms with Crippen molar-refractivity contribution in [1.82, 2.24) is 15.2 Å². The molecule has 3 aromatic rings. The highest BCUT2D eigenvalue weighted by Gasteiger charge is 2.28. The number of halogens is 1. The van der Waals surface area contributed by atoms with Crippen molar-refractivity contribution in [2.24, 2.45) is 0 Å². The van der Waals surface area contributed by atoms with E-state index < -0.39 is 0 Å². The summed E-state index contributed by atoms with van der Waals surface area (Å²) in [7, 11) is 3.35. The molecular weight excluding hydrogens is 433 g/mol. The van der Waals surface area contributed by atoms with Crippen LogP contribution in [0.4, 0.5) is 4.39 Å². The summed E-state index contributed by atoms with van der Waals surface area (Å²) in [6.45, 7) is 3.86. The van der Waals surface area contributed by atoms with Crippen molar-refractivity contribution in [3.63, 3.8) is 0 Å². The summed E-state index contributed by atoms with van der Waals surface area (Å²) in [5.41, 5.74) is 2.85. The molecule has 1 aliphatic rings. The summed E-state index contributed by atoms with van der Waals surface area (Å²) in [4.78, 5) is 19.5. The molecule has 0 radical (unpaired) electrons. The smallest absolute Gasteiger partial charge is 0.253 e. The second-order valence-corrected chi connectivity index (χ2v) is 8.48. The van der Waals surface area contributed by atoms with Crippen LogP contribution in [0.25, 0.3) is 11.3 Å². The third-order valence-electron chi connectivity index (χ3n) is 6.44. The molecule has 4 rings (SSSR count). The fraction of sp³-hybridized carbons (Fsp3) is 0.333. The van der Waals surface area contributed by atoms with E-state index in [1.54, 1.807) is 44.7 Å². The summed E-state index contributed by atoms with van der Waals surface area (Å²) >= 11 is 0. The summed E-state index contributed by atoms with van der Waals surface area (Å²) in [5, 5.41) is 3.13. The molecule has 0 spiro atoms. The highest BCUT2D eigenvalue weighted by molar-refractivity contribution is 5.94. The van der Waals surface area contributed by atoms with E-state index >= 15 is 0 Å². The van der Waals surface area contributed by atoms with Gasteiger partial charge in [-0.1, -0.05) is 18.2 Å². The second kappa shape index (κ2) is 10.7. The normalized spacial score (nSPS) is 15.5. The fourth-order valence-corrected chi connectivity index (χ4v) is 4.52. The lowest BCUT2D eigenvalue weighted by Gasteiger charge is -2.37. The van der Waals surface area contributed by atoms with Crippen LogP contribution in [0.3, 0.4) is 0 Å². The van der Waals surface area contributed by atoms with Gasteiger partial charge >= 0.3 is 0 Å². The van der Waals surface area contributed by atoms with Crippen LogP contribution < -0.4 is 14.8 Å². The minimum Gasteiger partial charge on any atom is -0.496 e. The number of carbonyl (C=O) groups is 1. The van der Waals surface area contributed by atoms with E-state index in [1.165, 1.54) is 12.1 Å². The molecule has 1 amide bonds. The minimum absolute atomic E-state index is 0.0958. The molecule has 2 aromatic carbocycles. The molecule has 1 N–H and O–H groups in total. The molecule has 2 heterocycles. The molecule has 1 saturated heterocycles. The molecule has 0 bridgehead atoms. The molecule has 1 fully saturated rings. The third-order valence-corrected chi connectivity index (χ3v) is 6.44. The van der Waals surface area contributed by atoms with Crippen LogP contribution in [0.15, 0.2) is 60.8 Å². The van der Waals surface area contributed by atoms with Gasteiger partial charge in [-0.05, 0) is 56.2 Å². The molecular formula is C27H30FN3O3. The quantitative estimate of drug-likeness (QED) is 0.542. The Bertz CT molecular complexity index is 1110. The Morgan fingerprint density at radius 1 is 1.06 bits per heavy atom. The SMILES string of the molecule is COc1cccc(OC)c1C(C)N1CCC(NC(=O)c2ccc(-c3cccc(F)c3)nc2)CC1. The van der Waals surface area contributed by atoms with E-state index in [-0.39, 0.29) is 23.8 Å². The Morgan fingerprint density at radius 2 is 1.74 bits per heavy atom. The van der Waals surface area contributed by atoms with Crippen LogP contribution in [0.1, 0.15) is 41.7 Å². The van der Waals surface area contributed by atoms with E-state index in [1.807, 2.05) is 18.2 Å². The van der Waals surface area contributed by atoms with Gasteiger partial charge in [0.25, 0.3) is 5.91 Å². The molecule has 1 atom stereocenters. The fourth-order valence-electron chi connectivity index (χ4n) is 4.52. The molecule has 0 saturated carbocycles. The zero-order valence-corrected chi connectivity index (χ0v) is 19.8. The van der Waals surface area contributed by atoms with Crippen LogP contribution in [0.2, 0.25) is 0 Å². The predicted molar refractivity (Wildman–Crippen MR) is 130 cm³/mol. The number of rotatable bonds is 7. The van der Waals surface area contributed by atoms with Crippen LogP contribution in [-0.4, -0.2) is 49.1 Å². The van der Waals surface area contributed by atoms with Crippen LogP contribution in [0.5, 0.6) is 11.5 Å². The number of nitrogens with one attached hydrogen (secondary N) is 1.